The molecule has 1 N–H and O–H groups in total. The summed E-state index contributed by atoms with van der Waals surface area (Å²) in [5.41, 5.74) is 3.32. The summed E-state index contributed by atoms with van der Waals surface area (Å²) >= 11 is 1.54. The first kappa shape index (κ1) is 15.2. The average Bonchev–Trinajstić information content (AvgIpc) is 3.19. The van der Waals surface area contributed by atoms with E-state index in [4.69, 9.17) is 9.63 Å². The second-order valence-corrected chi connectivity index (χ2v) is 5.81. The largest absolute Gasteiger partial charge is 0.481 e. The van der Waals surface area contributed by atoms with Crippen LogP contribution in [0.3, 0.4) is 0 Å². The van der Waals surface area contributed by atoms with Gasteiger partial charge >= 0.3 is 5.97 Å². The molecular formula is C17H14N2O3S. The predicted molar refractivity (Wildman–Crippen MR) is 88.9 cm³/mol. The second kappa shape index (κ2) is 6.58. The number of carboxylic acid groups (broad SMARTS) is 1. The number of carboxylic acids is 1. The van der Waals surface area contributed by atoms with E-state index < -0.39 is 5.97 Å². The number of hydrogen-bond acceptors (Lipinski definition) is 5. The molecule has 0 saturated carbocycles. The van der Waals surface area contributed by atoms with Gasteiger partial charge in [0.25, 0.3) is 5.89 Å². The van der Waals surface area contributed by atoms with Crippen LogP contribution in [0.5, 0.6) is 0 Å². The summed E-state index contributed by atoms with van der Waals surface area (Å²) in [6, 6.07) is 9.62. The minimum Gasteiger partial charge on any atom is -0.481 e. The third kappa shape index (κ3) is 3.54. The number of nitrogens with zero attached hydrogens (tertiary/aromatic N) is 2. The standard InChI is InChI=1S/C17H14N2O3S/c1-11-4-2-3-5-12(11)8-14(9-15(20)21)17-18-16(19-22-17)13-6-7-23-10-13/h2-8,10H,9H2,1H3,(H,20,21)/b14-8+. The van der Waals surface area contributed by atoms with Gasteiger partial charge in [-0.25, -0.2) is 0 Å². The van der Waals surface area contributed by atoms with Crippen molar-refractivity contribution in [2.75, 3.05) is 0 Å². The Bertz CT molecular complexity index is 850. The molecule has 0 atom stereocenters. The minimum absolute atomic E-state index is 0.181. The number of carbonyl (C=O) groups is 1. The minimum atomic E-state index is -0.944. The molecule has 0 spiro atoms. The van der Waals surface area contributed by atoms with E-state index in [1.165, 1.54) is 11.3 Å². The smallest absolute Gasteiger partial charge is 0.308 e. The van der Waals surface area contributed by atoms with E-state index in [0.717, 1.165) is 16.7 Å². The number of hydrogen-bond donors (Lipinski definition) is 1. The lowest BCUT2D eigenvalue weighted by atomic mass is 10.0. The Balaban J connectivity index is 2.00. The first-order valence-electron chi connectivity index (χ1n) is 6.98. The summed E-state index contributed by atoms with van der Waals surface area (Å²) in [6.07, 6.45) is 1.61. The number of aliphatic carboxylic acids is 1. The van der Waals surface area contributed by atoms with Crippen LogP contribution in [0, 0.1) is 6.92 Å². The Labute approximate surface area is 136 Å². The van der Waals surface area contributed by atoms with Crippen molar-refractivity contribution in [1.82, 2.24) is 10.1 Å². The molecule has 0 amide bonds. The number of benzene rings is 1. The molecule has 6 heteroatoms. The lowest BCUT2D eigenvalue weighted by Crippen LogP contribution is -1.98. The fourth-order valence-electron chi connectivity index (χ4n) is 2.15. The Morgan fingerprint density at radius 3 is 2.87 bits per heavy atom. The summed E-state index contributed by atoms with van der Waals surface area (Å²) in [5.74, 6) is -0.251. The van der Waals surface area contributed by atoms with Gasteiger partial charge in [0, 0.05) is 16.5 Å². The molecule has 1 aromatic carbocycles. The molecule has 0 aliphatic rings. The number of aryl methyl sites for hydroxylation is 1. The van der Waals surface area contributed by atoms with Gasteiger partial charge in [0.05, 0.1) is 6.42 Å². The van der Waals surface area contributed by atoms with Crippen LogP contribution in [-0.2, 0) is 4.79 Å². The Morgan fingerprint density at radius 1 is 1.35 bits per heavy atom. The fourth-order valence-corrected chi connectivity index (χ4v) is 2.78. The van der Waals surface area contributed by atoms with Gasteiger partial charge in [-0.3, -0.25) is 4.79 Å². The van der Waals surface area contributed by atoms with Crippen LogP contribution in [0.15, 0.2) is 45.6 Å². The summed E-state index contributed by atoms with van der Waals surface area (Å²) in [4.78, 5) is 15.5. The third-order valence-corrected chi connectivity index (χ3v) is 4.02. The van der Waals surface area contributed by atoms with Gasteiger partial charge in [-0.05, 0) is 35.6 Å². The first-order chi connectivity index (χ1) is 11.1. The quantitative estimate of drug-likeness (QED) is 0.763. The number of aromatic nitrogens is 2. The topological polar surface area (TPSA) is 76.2 Å². The maximum atomic E-state index is 11.2. The zero-order valence-electron chi connectivity index (χ0n) is 12.4. The van der Waals surface area contributed by atoms with Crippen LogP contribution in [0.2, 0.25) is 0 Å². The maximum absolute atomic E-state index is 11.2. The van der Waals surface area contributed by atoms with Gasteiger partial charge in [0.2, 0.25) is 5.82 Å². The molecule has 2 aromatic heterocycles. The van der Waals surface area contributed by atoms with E-state index in [2.05, 4.69) is 10.1 Å². The molecule has 0 aliphatic heterocycles. The molecule has 23 heavy (non-hydrogen) atoms. The van der Waals surface area contributed by atoms with Crippen molar-refractivity contribution in [3.05, 3.63) is 58.1 Å². The highest BCUT2D eigenvalue weighted by Gasteiger charge is 2.16. The molecule has 0 unspecified atom stereocenters. The van der Waals surface area contributed by atoms with Crippen molar-refractivity contribution < 1.29 is 14.4 Å². The fraction of sp³-hybridized carbons (Fsp3) is 0.118. The summed E-state index contributed by atoms with van der Waals surface area (Å²) in [7, 11) is 0. The Kier molecular flexibility index (Phi) is 4.34. The second-order valence-electron chi connectivity index (χ2n) is 5.03. The van der Waals surface area contributed by atoms with Crippen LogP contribution < -0.4 is 0 Å². The van der Waals surface area contributed by atoms with E-state index >= 15 is 0 Å². The lowest BCUT2D eigenvalue weighted by Gasteiger charge is -2.02. The summed E-state index contributed by atoms with van der Waals surface area (Å²) < 4.78 is 5.28. The highest BCUT2D eigenvalue weighted by Crippen LogP contribution is 2.25. The monoisotopic (exact) mass is 326 g/mol. The van der Waals surface area contributed by atoms with Gasteiger partial charge in [0.1, 0.15) is 0 Å². The van der Waals surface area contributed by atoms with Gasteiger partial charge in [-0.2, -0.15) is 16.3 Å². The zero-order chi connectivity index (χ0) is 16.2. The van der Waals surface area contributed by atoms with Gasteiger partial charge in [-0.1, -0.05) is 29.4 Å². The maximum Gasteiger partial charge on any atom is 0.308 e. The van der Waals surface area contributed by atoms with Crippen molar-refractivity contribution in [2.24, 2.45) is 0 Å². The van der Waals surface area contributed by atoms with Crippen LogP contribution in [0.1, 0.15) is 23.4 Å². The molecule has 2 heterocycles. The molecular weight excluding hydrogens is 312 g/mol. The molecule has 0 aliphatic carbocycles. The summed E-state index contributed by atoms with van der Waals surface area (Å²) in [6.45, 7) is 1.97. The van der Waals surface area contributed by atoms with Crippen molar-refractivity contribution in [3.8, 4) is 11.4 Å². The van der Waals surface area contributed by atoms with E-state index in [1.807, 2.05) is 48.0 Å². The van der Waals surface area contributed by atoms with Crippen molar-refractivity contribution in [1.29, 1.82) is 0 Å². The van der Waals surface area contributed by atoms with Gasteiger partial charge in [-0.15, -0.1) is 0 Å². The van der Waals surface area contributed by atoms with E-state index in [9.17, 15) is 4.79 Å². The van der Waals surface area contributed by atoms with Crippen LogP contribution in [-0.4, -0.2) is 21.2 Å². The van der Waals surface area contributed by atoms with Gasteiger partial charge in [0.15, 0.2) is 0 Å². The third-order valence-electron chi connectivity index (χ3n) is 3.34. The highest BCUT2D eigenvalue weighted by molar-refractivity contribution is 7.08. The van der Waals surface area contributed by atoms with Crippen molar-refractivity contribution in [3.63, 3.8) is 0 Å². The number of rotatable bonds is 5. The normalized spacial score (nSPS) is 11.6. The van der Waals surface area contributed by atoms with Gasteiger partial charge < -0.3 is 9.63 Å². The van der Waals surface area contributed by atoms with E-state index in [0.29, 0.717) is 11.4 Å². The molecule has 3 rings (SSSR count). The molecule has 0 fully saturated rings. The van der Waals surface area contributed by atoms with Crippen molar-refractivity contribution >= 4 is 29.0 Å². The van der Waals surface area contributed by atoms with E-state index in [-0.39, 0.29) is 12.3 Å². The molecule has 5 nitrogen and oxygen atoms in total. The predicted octanol–water partition coefficient (Wildman–Crippen LogP) is 4.12. The highest BCUT2D eigenvalue weighted by atomic mass is 32.1. The van der Waals surface area contributed by atoms with E-state index in [1.54, 1.807) is 6.08 Å². The molecule has 3 aromatic rings. The molecule has 0 radical (unpaired) electrons. The Morgan fingerprint density at radius 2 is 2.17 bits per heavy atom. The van der Waals surface area contributed by atoms with Crippen LogP contribution >= 0.6 is 11.3 Å². The van der Waals surface area contributed by atoms with Crippen molar-refractivity contribution in [2.45, 2.75) is 13.3 Å². The SMILES string of the molecule is Cc1ccccc1/C=C(\CC(=O)O)c1nc(-c2ccsc2)no1. The van der Waals surface area contributed by atoms with Crippen LogP contribution in [0.25, 0.3) is 23.0 Å². The molecule has 0 saturated heterocycles. The molecule has 116 valence electrons. The molecule has 0 bridgehead atoms. The summed E-state index contributed by atoms with van der Waals surface area (Å²) in [5, 5.41) is 16.9. The Hall–Kier alpha value is -2.73. The first-order valence-corrected chi connectivity index (χ1v) is 7.92. The lowest BCUT2D eigenvalue weighted by molar-refractivity contribution is -0.135. The average molecular weight is 326 g/mol. The van der Waals surface area contributed by atoms with Crippen LogP contribution in [0.4, 0.5) is 0 Å². The number of thiophene rings is 1. The zero-order valence-corrected chi connectivity index (χ0v) is 13.2.